The lowest BCUT2D eigenvalue weighted by Gasteiger charge is -2.24. The Balaban J connectivity index is 1.42. The van der Waals surface area contributed by atoms with Crippen LogP contribution in [0, 0.1) is 0 Å². The lowest BCUT2D eigenvalue weighted by atomic mass is 9.99. The number of carbonyl (C=O) groups excluding carboxylic acids is 2. The summed E-state index contributed by atoms with van der Waals surface area (Å²) in [5.74, 6) is -0.553. The second-order valence-corrected chi connectivity index (χ2v) is 11.8. The number of aromatic nitrogens is 4. The van der Waals surface area contributed by atoms with E-state index in [0.29, 0.717) is 11.9 Å². The molecular formula is C30H26F6N8O2S. The van der Waals surface area contributed by atoms with Crippen LogP contribution in [0.15, 0.2) is 66.0 Å². The van der Waals surface area contributed by atoms with Gasteiger partial charge in [0.25, 0.3) is 0 Å². The molecule has 0 atom stereocenters. The first kappa shape index (κ1) is 33.4. The summed E-state index contributed by atoms with van der Waals surface area (Å²) >= 11 is 0.989. The summed E-state index contributed by atoms with van der Waals surface area (Å²) in [5.41, 5.74) is -0.756. The van der Waals surface area contributed by atoms with Crippen LogP contribution in [-0.4, -0.2) is 56.7 Å². The molecule has 4 aromatic rings. The Morgan fingerprint density at radius 1 is 1.00 bits per heavy atom. The van der Waals surface area contributed by atoms with Gasteiger partial charge in [-0.2, -0.15) is 31.3 Å². The fraction of sp³-hybridized carbons (Fsp3) is 0.267. The maximum absolute atomic E-state index is 14.2. The number of nitrogens with one attached hydrogen (secondary N) is 1. The Kier molecular flexibility index (Phi) is 9.03. The largest absolute Gasteiger partial charge is 0.418 e. The van der Waals surface area contributed by atoms with Crippen LogP contribution in [-0.2, 0) is 17.1 Å². The first-order valence-electron chi connectivity index (χ1n) is 13.9. The number of nitrogens with zero attached hydrogens (tertiary/aromatic N) is 7. The molecule has 1 aliphatic rings. The van der Waals surface area contributed by atoms with E-state index in [1.807, 2.05) is 45.0 Å². The zero-order chi connectivity index (χ0) is 34.3. The Hall–Kier alpha value is -4.93. The maximum Gasteiger partial charge on any atom is 0.418 e. The number of halogens is 6. The lowest BCUT2D eigenvalue weighted by Crippen LogP contribution is -2.31. The van der Waals surface area contributed by atoms with Crippen LogP contribution in [0.1, 0.15) is 36.5 Å². The molecule has 0 radical (unpaired) electrons. The number of amides is 3. The van der Waals surface area contributed by atoms with Crippen molar-refractivity contribution >= 4 is 45.9 Å². The number of hydrogen-bond donors (Lipinski definition) is 1. The normalized spacial score (nSPS) is 14.7. The maximum atomic E-state index is 14.2. The minimum Gasteiger partial charge on any atom is -0.378 e. The predicted octanol–water partition coefficient (Wildman–Crippen LogP) is 7.22. The smallest absolute Gasteiger partial charge is 0.378 e. The highest BCUT2D eigenvalue weighted by molar-refractivity contribution is 8.15. The Bertz CT molecular complexity index is 1850. The molecule has 1 N–H and O–H groups in total. The van der Waals surface area contributed by atoms with E-state index in [9.17, 15) is 35.9 Å². The lowest BCUT2D eigenvalue weighted by molar-refractivity contribution is -0.138. The molecule has 17 heteroatoms. The molecule has 2 aromatic carbocycles. The standard InChI is InChI=1S/C30H26F6N8O2S/c1-16(2)20-8-7-19(42(3)4)12-23(20)44-25(45)14-47-28(44)40-27(46)39-22-9-5-17(11-21(22)30(34,35)36)26-38-15-43(41-26)24-10-6-18(13-37-24)29(31,32)33/h5-13,15-16H,14H2,1-4H3,(H,39,46)/b40-28-. The summed E-state index contributed by atoms with van der Waals surface area (Å²) in [7, 11) is 3.66. The minimum absolute atomic E-state index is 0.00892. The molecule has 3 amide bonds. The average molecular weight is 677 g/mol. The van der Waals surface area contributed by atoms with Gasteiger partial charge in [-0.3, -0.25) is 9.69 Å². The van der Waals surface area contributed by atoms with Gasteiger partial charge in [0.05, 0.1) is 28.3 Å². The number of amidine groups is 1. The summed E-state index contributed by atoms with van der Waals surface area (Å²) in [5, 5.41) is 6.23. The predicted molar refractivity (Wildman–Crippen MR) is 166 cm³/mol. The van der Waals surface area contributed by atoms with Gasteiger partial charge in [0.1, 0.15) is 6.33 Å². The highest BCUT2D eigenvalue weighted by atomic mass is 32.2. The van der Waals surface area contributed by atoms with Crippen molar-refractivity contribution in [3.05, 3.63) is 77.7 Å². The van der Waals surface area contributed by atoms with Crippen LogP contribution >= 0.6 is 11.8 Å². The fourth-order valence-electron chi connectivity index (χ4n) is 4.63. The van der Waals surface area contributed by atoms with Crippen molar-refractivity contribution in [3.8, 4) is 17.2 Å². The van der Waals surface area contributed by atoms with E-state index in [0.717, 1.165) is 58.3 Å². The first-order chi connectivity index (χ1) is 22.0. The van der Waals surface area contributed by atoms with Gasteiger partial charge in [-0.25, -0.2) is 19.4 Å². The molecule has 0 unspecified atom stereocenters. The van der Waals surface area contributed by atoms with Crippen LogP contribution < -0.4 is 15.1 Å². The summed E-state index contributed by atoms with van der Waals surface area (Å²) in [6.45, 7) is 3.89. The third-order valence-corrected chi connectivity index (χ3v) is 7.91. The molecule has 1 fully saturated rings. The molecule has 2 aromatic heterocycles. The van der Waals surface area contributed by atoms with Gasteiger partial charge in [0, 0.05) is 31.5 Å². The molecule has 3 heterocycles. The quantitative estimate of drug-likeness (QED) is 0.215. The van der Waals surface area contributed by atoms with Gasteiger partial charge in [-0.1, -0.05) is 31.7 Å². The SMILES string of the molecule is CC(C)c1ccc(N(C)C)cc1N1C(=O)CS/C1=N\C(=O)Nc1ccc(-c2ncn(-c3ccc(C(F)(F)F)cn3)n2)cc1C(F)(F)F. The summed E-state index contributed by atoms with van der Waals surface area (Å²) in [6, 6.07) is 9.23. The minimum atomic E-state index is -4.92. The average Bonchev–Trinajstić information content (AvgIpc) is 3.63. The number of hydrogen-bond acceptors (Lipinski definition) is 7. The third-order valence-electron chi connectivity index (χ3n) is 6.98. The Labute approximate surface area is 268 Å². The summed E-state index contributed by atoms with van der Waals surface area (Å²) in [4.78, 5) is 40.7. The van der Waals surface area contributed by atoms with E-state index in [1.165, 1.54) is 11.0 Å². The number of alkyl halides is 6. The van der Waals surface area contributed by atoms with Crippen molar-refractivity contribution in [1.29, 1.82) is 0 Å². The molecular weight excluding hydrogens is 650 g/mol. The molecule has 10 nitrogen and oxygen atoms in total. The zero-order valence-corrected chi connectivity index (χ0v) is 26.0. The topological polar surface area (TPSA) is 109 Å². The number of benzene rings is 2. The van der Waals surface area contributed by atoms with Crippen LogP contribution in [0.3, 0.4) is 0 Å². The Morgan fingerprint density at radius 3 is 2.36 bits per heavy atom. The fourth-order valence-corrected chi connectivity index (χ4v) is 5.48. The van der Waals surface area contributed by atoms with Crippen molar-refractivity contribution in [1.82, 2.24) is 19.7 Å². The number of urea groups is 1. The van der Waals surface area contributed by atoms with Crippen molar-refractivity contribution < 1.29 is 35.9 Å². The number of thioether (sulfide) groups is 1. The molecule has 246 valence electrons. The summed E-state index contributed by atoms with van der Waals surface area (Å²) in [6.07, 6.45) is -7.83. The third kappa shape index (κ3) is 7.24. The number of aliphatic imine (C=N–C) groups is 1. The van der Waals surface area contributed by atoms with Crippen LogP contribution in [0.25, 0.3) is 17.2 Å². The highest BCUT2D eigenvalue weighted by Crippen LogP contribution is 2.39. The van der Waals surface area contributed by atoms with Gasteiger partial charge < -0.3 is 10.2 Å². The van der Waals surface area contributed by atoms with E-state index in [2.05, 4.69) is 25.4 Å². The van der Waals surface area contributed by atoms with Gasteiger partial charge in [-0.15, -0.1) is 5.10 Å². The van der Waals surface area contributed by atoms with Crippen LogP contribution in [0.2, 0.25) is 0 Å². The molecule has 0 bridgehead atoms. The molecule has 0 saturated carbocycles. The summed E-state index contributed by atoms with van der Waals surface area (Å²) < 4.78 is 82.1. The molecule has 5 rings (SSSR count). The highest BCUT2D eigenvalue weighted by Gasteiger charge is 2.36. The Morgan fingerprint density at radius 2 is 1.74 bits per heavy atom. The van der Waals surface area contributed by atoms with Gasteiger partial charge in [-0.05, 0) is 53.9 Å². The van der Waals surface area contributed by atoms with Crippen molar-refractivity contribution in [2.24, 2.45) is 4.99 Å². The van der Waals surface area contributed by atoms with Gasteiger partial charge >= 0.3 is 18.4 Å². The van der Waals surface area contributed by atoms with E-state index in [4.69, 9.17) is 0 Å². The van der Waals surface area contributed by atoms with Crippen LogP contribution in [0.4, 0.5) is 48.2 Å². The monoisotopic (exact) mass is 676 g/mol. The number of rotatable bonds is 6. The molecule has 0 aliphatic carbocycles. The van der Waals surface area contributed by atoms with Crippen LogP contribution in [0.5, 0.6) is 0 Å². The molecule has 1 saturated heterocycles. The van der Waals surface area contributed by atoms with Gasteiger partial charge in [0.15, 0.2) is 16.8 Å². The second kappa shape index (κ2) is 12.7. The number of anilines is 3. The molecule has 47 heavy (non-hydrogen) atoms. The van der Waals surface area contributed by atoms with Crippen molar-refractivity contribution in [2.45, 2.75) is 32.1 Å². The zero-order valence-electron chi connectivity index (χ0n) is 25.2. The molecule has 1 aliphatic heterocycles. The van der Waals surface area contributed by atoms with E-state index >= 15 is 0 Å². The first-order valence-corrected chi connectivity index (χ1v) is 14.8. The van der Waals surface area contributed by atoms with E-state index in [1.54, 1.807) is 6.07 Å². The number of pyridine rings is 1. The van der Waals surface area contributed by atoms with Crippen molar-refractivity contribution in [3.63, 3.8) is 0 Å². The number of carbonyl (C=O) groups is 2. The van der Waals surface area contributed by atoms with Crippen molar-refractivity contribution in [2.75, 3.05) is 35.0 Å². The van der Waals surface area contributed by atoms with Gasteiger partial charge in [0.2, 0.25) is 5.91 Å². The molecule has 0 spiro atoms. The van der Waals surface area contributed by atoms with E-state index in [-0.39, 0.29) is 40.0 Å². The van der Waals surface area contributed by atoms with E-state index < -0.39 is 35.2 Å². The second-order valence-electron chi connectivity index (χ2n) is 10.8.